The van der Waals surface area contributed by atoms with Crippen LogP contribution in [0.1, 0.15) is 32.1 Å². The molecule has 1 aliphatic rings. The summed E-state index contributed by atoms with van der Waals surface area (Å²) in [6.45, 7) is 0.563. The number of aromatic nitrogens is 2. The lowest BCUT2D eigenvalue weighted by atomic mass is 9.85. The first-order chi connectivity index (χ1) is 9.27. The predicted octanol–water partition coefficient (Wildman–Crippen LogP) is 2.74. The average molecular weight is 257 g/mol. The summed E-state index contributed by atoms with van der Waals surface area (Å²) < 4.78 is 0. The summed E-state index contributed by atoms with van der Waals surface area (Å²) in [7, 11) is 0. The number of rotatable bonds is 3. The first-order valence-corrected chi connectivity index (χ1v) is 6.93. The maximum Gasteiger partial charge on any atom is 0.137 e. The van der Waals surface area contributed by atoms with Crippen molar-refractivity contribution in [1.29, 1.82) is 0 Å². The number of aliphatic hydroxyl groups is 1. The van der Waals surface area contributed by atoms with Crippen LogP contribution in [0.5, 0.6) is 0 Å². The molecule has 0 radical (unpaired) electrons. The molecular weight excluding hydrogens is 238 g/mol. The Labute approximate surface area is 112 Å². The van der Waals surface area contributed by atoms with Crippen LogP contribution < -0.4 is 5.32 Å². The van der Waals surface area contributed by atoms with E-state index in [0.29, 0.717) is 6.54 Å². The zero-order chi connectivity index (χ0) is 13.1. The summed E-state index contributed by atoms with van der Waals surface area (Å²) in [5.41, 5.74) is 0.347. The lowest BCUT2D eigenvalue weighted by Crippen LogP contribution is -2.39. The SMILES string of the molecule is OC1(CNc2ncnc3ccccc23)CCCCC1. The van der Waals surface area contributed by atoms with Gasteiger partial charge in [0, 0.05) is 11.9 Å². The van der Waals surface area contributed by atoms with E-state index in [2.05, 4.69) is 15.3 Å². The maximum atomic E-state index is 10.5. The molecule has 1 heterocycles. The fourth-order valence-electron chi connectivity index (χ4n) is 2.78. The molecule has 0 saturated heterocycles. The lowest BCUT2D eigenvalue weighted by molar-refractivity contribution is 0.0167. The number of nitrogens with zero attached hydrogens (tertiary/aromatic N) is 2. The van der Waals surface area contributed by atoms with Crippen molar-refractivity contribution in [3.05, 3.63) is 30.6 Å². The third kappa shape index (κ3) is 2.68. The second-order valence-corrected chi connectivity index (χ2v) is 5.38. The molecule has 0 aliphatic heterocycles. The van der Waals surface area contributed by atoms with Gasteiger partial charge in [0.25, 0.3) is 0 Å². The molecule has 4 nitrogen and oxygen atoms in total. The minimum absolute atomic E-state index is 0.563. The van der Waals surface area contributed by atoms with Crippen LogP contribution in [0.4, 0.5) is 5.82 Å². The van der Waals surface area contributed by atoms with Gasteiger partial charge >= 0.3 is 0 Å². The Kier molecular flexibility index (Phi) is 3.34. The topological polar surface area (TPSA) is 58.0 Å². The molecule has 2 N–H and O–H groups in total. The molecule has 1 fully saturated rings. The first kappa shape index (κ1) is 12.4. The number of benzene rings is 1. The van der Waals surface area contributed by atoms with E-state index in [1.807, 2.05) is 24.3 Å². The number of anilines is 1. The third-order valence-corrected chi connectivity index (χ3v) is 3.91. The van der Waals surface area contributed by atoms with Crippen LogP contribution in [0.15, 0.2) is 30.6 Å². The molecule has 0 atom stereocenters. The van der Waals surface area contributed by atoms with Gasteiger partial charge < -0.3 is 10.4 Å². The second-order valence-electron chi connectivity index (χ2n) is 5.38. The summed E-state index contributed by atoms with van der Waals surface area (Å²) in [5.74, 6) is 0.810. The minimum atomic E-state index is -0.579. The molecule has 0 bridgehead atoms. The molecule has 100 valence electrons. The normalized spacial score (nSPS) is 18.4. The number of fused-ring (bicyclic) bond motifs is 1. The number of para-hydroxylation sites is 1. The van der Waals surface area contributed by atoms with Crippen molar-refractivity contribution in [2.75, 3.05) is 11.9 Å². The zero-order valence-electron chi connectivity index (χ0n) is 11.0. The van der Waals surface area contributed by atoms with E-state index in [1.165, 1.54) is 6.42 Å². The van der Waals surface area contributed by atoms with E-state index in [4.69, 9.17) is 0 Å². The highest BCUT2D eigenvalue weighted by Crippen LogP contribution is 2.28. The Hall–Kier alpha value is -1.68. The zero-order valence-corrected chi connectivity index (χ0v) is 11.0. The molecule has 0 spiro atoms. The molecule has 1 saturated carbocycles. The van der Waals surface area contributed by atoms with E-state index < -0.39 is 5.60 Å². The summed E-state index contributed by atoms with van der Waals surface area (Å²) in [6, 6.07) is 7.92. The van der Waals surface area contributed by atoms with Crippen molar-refractivity contribution in [3.63, 3.8) is 0 Å². The standard InChI is InChI=1S/C15H19N3O/c19-15(8-4-1-5-9-15)10-16-14-12-6-2-3-7-13(12)17-11-18-14/h2-3,6-7,11,19H,1,4-5,8-10H2,(H,16,17,18). The fourth-order valence-corrected chi connectivity index (χ4v) is 2.78. The van der Waals surface area contributed by atoms with Gasteiger partial charge in [-0.1, -0.05) is 31.4 Å². The molecule has 1 aliphatic carbocycles. The van der Waals surface area contributed by atoms with Gasteiger partial charge in [0.05, 0.1) is 11.1 Å². The van der Waals surface area contributed by atoms with Gasteiger partial charge in [-0.15, -0.1) is 0 Å². The first-order valence-electron chi connectivity index (χ1n) is 6.93. The Morgan fingerprint density at radius 3 is 2.74 bits per heavy atom. The van der Waals surface area contributed by atoms with Gasteiger partial charge in [0.1, 0.15) is 12.1 Å². The van der Waals surface area contributed by atoms with Crippen molar-refractivity contribution in [2.24, 2.45) is 0 Å². The largest absolute Gasteiger partial charge is 0.388 e. The second kappa shape index (κ2) is 5.13. The van der Waals surface area contributed by atoms with E-state index in [-0.39, 0.29) is 0 Å². The van der Waals surface area contributed by atoms with Gasteiger partial charge in [0.2, 0.25) is 0 Å². The van der Waals surface area contributed by atoms with Crippen LogP contribution in [0.25, 0.3) is 10.9 Å². The average Bonchev–Trinajstić information content (AvgIpc) is 2.46. The van der Waals surface area contributed by atoms with E-state index in [0.717, 1.165) is 42.4 Å². The molecule has 3 rings (SSSR count). The van der Waals surface area contributed by atoms with Crippen LogP contribution in [0.2, 0.25) is 0 Å². The lowest BCUT2D eigenvalue weighted by Gasteiger charge is -2.32. The van der Waals surface area contributed by atoms with Crippen molar-refractivity contribution in [3.8, 4) is 0 Å². The van der Waals surface area contributed by atoms with Gasteiger partial charge in [-0.3, -0.25) is 0 Å². The molecule has 0 amide bonds. The van der Waals surface area contributed by atoms with Crippen molar-refractivity contribution in [1.82, 2.24) is 9.97 Å². The molecule has 4 heteroatoms. The third-order valence-electron chi connectivity index (χ3n) is 3.91. The Morgan fingerprint density at radius 2 is 1.89 bits per heavy atom. The van der Waals surface area contributed by atoms with Crippen molar-refractivity contribution >= 4 is 16.7 Å². The summed E-state index contributed by atoms with van der Waals surface area (Å²) in [6.07, 6.45) is 6.78. The molecular formula is C15H19N3O. The highest BCUT2D eigenvalue weighted by Gasteiger charge is 2.28. The smallest absolute Gasteiger partial charge is 0.137 e. The molecule has 1 aromatic carbocycles. The number of hydrogen-bond acceptors (Lipinski definition) is 4. The van der Waals surface area contributed by atoms with Crippen LogP contribution in [-0.4, -0.2) is 27.2 Å². The van der Waals surface area contributed by atoms with Gasteiger partial charge in [-0.05, 0) is 25.0 Å². The van der Waals surface area contributed by atoms with Gasteiger partial charge in [-0.25, -0.2) is 9.97 Å². The Morgan fingerprint density at radius 1 is 1.11 bits per heavy atom. The highest BCUT2D eigenvalue weighted by atomic mass is 16.3. The predicted molar refractivity (Wildman–Crippen MR) is 76.1 cm³/mol. The van der Waals surface area contributed by atoms with Crippen LogP contribution >= 0.6 is 0 Å². The summed E-state index contributed by atoms with van der Waals surface area (Å²) in [5, 5.41) is 14.8. The number of hydrogen-bond donors (Lipinski definition) is 2. The fraction of sp³-hybridized carbons (Fsp3) is 0.467. The molecule has 2 aromatic rings. The van der Waals surface area contributed by atoms with Crippen LogP contribution in [0.3, 0.4) is 0 Å². The van der Waals surface area contributed by atoms with E-state index >= 15 is 0 Å². The van der Waals surface area contributed by atoms with Gasteiger partial charge in [-0.2, -0.15) is 0 Å². The van der Waals surface area contributed by atoms with Crippen molar-refractivity contribution < 1.29 is 5.11 Å². The summed E-state index contributed by atoms with van der Waals surface area (Å²) >= 11 is 0. The summed E-state index contributed by atoms with van der Waals surface area (Å²) in [4.78, 5) is 8.53. The Bertz CT molecular complexity index is 559. The number of nitrogens with one attached hydrogen (secondary N) is 1. The van der Waals surface area contributed by atoms with Crippen molar-refractivity contribution in [2.45, 2.75) is 37.7 Å². The molecule has 19 heavy (non-hydrogen) atoms. The van der Waals surface area contributed by atoms with E-state index in [9.17, 15) is 5.11 Å². The van der Waals surface area contributed by atoms with Crippen LogP contribution in [-0.2, 0) is 0 Å². The molecule has 1 aromatic heterocycles. The molecule has 0 unspecified atom stereocenters. The Balaban J connectivity index is 1.78. The maximum absolute atomic E-state index is 10.5. The minimum Gasteiger partial charge on any atom is -0.388 e. The van der Waals surface area contributed by atoms with E-state index in [1.54, 1.807) is 6.33 Å². The van der Waals surface area contributed by atoms with Gasteiger partial charge in [0.15, 0.2) is 0 Å². The monoisotopic (exact) mass is 257 g/mol. The highest BCUT2D eigenvalue weighted by molar-refractivity contribution is 5.88. The quantitative estimate of drug-likeness (QED) is 0.887. The van der Waals surface area contributed by atoms with Crippen LogP contribution in [0, 0.1) is 0 Å².